The van der Waals surface area contributed by atoms with Gasteiger partial charge in [-0.25, -0.2) is 0 Å². The molecular weight excluding hydrogens is 356 g/mol. The minimum absolute atomic E-state index is 0.00558. The second-order valence-electron chi connectivity index (χ2n) is 7.60. The second-order valence-corrected chi connectivity index (χ2v) is 7.60. The van der Waals surface area contributed by atoms with E-state index < -0.39 is 0 Å². The van der Waals surface area contributed by atoms with Crippen molar-refractivity contribution < 1.29 is 19.0 Å². The summed E-state index contributed by atoms with van der Waals surface area (Å²) in [5.41, 5.74) is 1.13. The quantitative estimate of drug-likeness (QED) is 0.668. The number of esters is 1. The van der Waals surface area contributed by atoms with E-state index in [-0.39, 0.29) is 17.8 Å². The van der Waals surface area contributed by atoms with Gasteiger partial charge in [-0.15, -0.1) is 5.10 Å². The van der Waals surface area contributed by atoms with Crippen molar-refractivity contribution in [3.63, 3.8) is 0 Å². The first-order chi connectivity index (χ1) is 13.7. The Morgan fingerprint density at radius 1 is 1.21 bits per heavy atom. The molecule has 2 saturated heterocycles. The van der Waals surface area contributed by atoms with E-state index in [0.717, 1.165) is 50.1 Å². The normalized spacial score (nSPS) is 25.2. The number of nitrogens with zero attached hydrogens (tertiary/aromatic N) is 2. The molecule has 2 fully saturated rings. The van der Waals surface area contributed by atoms with Crippen LogP contribution >= 0.6 is 0 Å². The molecule has 6 nitrogen and oxygen atoms in total. The smallest absolute Gasteiger partial charge is 0.306 e. The number of methoxy groups -OCH3 is 2. The molecule has 0 aliphatic carbocycles. The van der Waals surface area contributed by atoms with Crippen LogP contribution in [0.25, 0.3) is 0 Å². The van der Waals surface area contributed by atoms with E-state index in [1.807, 2.05) is 18.2 Å². The van der Waals surface area contributed by atoms with Crippen molar-refractivity contribution in [2.45, 2.75) is 50.5 Å². The zero-order valence-electron chi connectivity index (χ0n) is 17.0. The summed E-state index contributed by atoms with van der Waals surface area (Å²) < 4.78 is 16.5. The molecule has 1 aromatic rings. The molecule has 0 N–H and O–H groups in total. The molecule has 2 heterocycles. The molecule has 0 radical (unpaired) electrons. The average molecular weight is 389 g/mol. The minimum Gasteiger partial charge on any atom is -0.480 e. The first kappa shape index (κ1) is 20.6. The van der Waals surface area contributed by atoms with Gasteiger partial charge in [-0.05, 0) is 37.7 Å². The molecule has 0 unspecified atom stereocenters. The van der Waals surface area contributed by atoms with Gasteiger partial charge in [0.25, 0.3) is 0 Å². The van der Waals surface area contributed by atoms with Gasteiger partial charge >= 0.3 is 5.97 Å². The predicted molar refractivity (Wildman–Crippen MR) is 108 cm³/mol. The Labute approximate surface area is 167 Å². The van der Waals surface area contributed by atoms with Gasteiger partial charge in [0.05, 0.1) is 32.8 Å². The summed E-state index contributed by atoms with van der Waals surface area (Å²) in [6.45, 7) is 2.27. The summed E-state index contributed by atoms with van der Waals surface area (Å²) in [4.78, 5) is 12.2. The van der Waals surface area contributed by atoms with Crippen LogP contribution in [0, 0.1) is 5.92 Å². The lowest BCUT2D eigenvalue weighted by molar-refractivity contribution is -0.141. The fourth-order valence-electron chi connectivity index (χ4n) is 4.25. The third-order valence-corrected chi connectivity index (χ3v) is 5.74. The average Bonchev–Trinajstić information content (AvgIpc) is 3.02. The number of hydrogen-bond acceptors (Lipinski definition) is 6. The Balaban J connectivity index is 1.90. The van der Waals surface area contributed by atoms with Crippen LogP contribution in [-0.4, -0.2) is 56.9 Å². The van der Waals surface area contributed by atoms with Crippen LogP contribution in [0.15, 0.2) is 35.4 Å². The van der Waals surface area contributed by atoms with Crippen LogP contribution in [0.5, 0.6) is 0 Å². The summed E-state index contributed by atoms with van der Waals surface area (Å²) >= 11 is 0. The van der Waals surface area contributed by atoms with E-state index in [2.05, 4.69) is 17.1 Å². The summed E-state index contributed by atoms with van der Waals surface area (Å²) in [5.74, 6) is 0.621. The molecule has 0 amide bonds. The first-order valence-electron chi connectivity index (χ1n) is 10.3. The van der Waals surface area contributed by atoms with Crippen molar-refractivity contribution >= 4 is 11.9 Å². The van der Waals surface area contributed by atoms with Crippen LogP contribution in [0.2, 0.25) is 0 Å². The van der Waals surface area contributed by atoms with Crippen molar-refractivity contribution in [3.05, 3.63) is 35.9 Å². The van der Waals surface area contributed by atoms with Crippen LogP contribution in [0.1, 0.15) is 50.0 Å². The maximum absolute atomic E-state index is 12.2. The number of carbonyl (C=O) groups excluding carboxylic acids is 1. The second kappa shape index (κ2) is 10.5. The molecule has 6 heteroatoms. The van der Waals surface area contributed by atoms with E-state index >= 15 is 0 Å². The molecule has 2 aliphatic rings. The zero-order chi connectivity index (χ0) is 19.8. The van der Waals surface area contributed by atoms with Crippen LogP contribution < -0.4 is 0 Å². The fraction of sp³-hybridized carbons (Fsp3) is 0.636. The Morgan fingerprint density at radius 3 is 2.79 bits per heavy atom. The first-order valence-corrected chi connectivity index (χ1v) is 10.3. The van der Waals surface area contributed by atoms with Gasteiger partial charge in [0, 0.05) is 25.5 Å². The zero-order valence-corrected chi connectivity index (χ0v) is 17.0. The predicted octanol–water partition coefficient (Wildman–Crippen LogP) is 3.57. The highest BCUT2D eigenvalue weighted by atomic mass is 16.5. The molecule has 0 bridgehead atoms. The molecule has 2 aliphatic heterocycles. The maximum atomic E-state index is 12.2. The fourth-order valence-corrected chi connectivity index (χ4v) is 4.25. The van der Waals surface area contributed by atoms with E-state index in [1.165, 1.54) is 7.11 Å². The van der Waals surface area contributed by atoms with Crippen molar-refractivity contribution in [1.29, 1.82) is 0 Å². The Kier molecular flexibility index (Phi) is 7.71. The summed E-state index contributed by atoms with van der Waals surface area (Å²) in [5, 5.41) is 7.07. The third kappa shape index (κ3) is 5.25. The number of benzene rings is 1. The molecule has 3 rings (SSSR count). The van der Waals surface area contributed by atoms with Gasteiger partial charge in [0.2, 0.25) is 5.90 Å². The third-order valence-electron chi connectivity index (χ3n) is 5.74. The standard InChI is InChI=1S/C22H32N2O4/c1-26-16-18-11-8-13-24(18)23-22-19(12-6-7-14-28-22)20(15-21(25)27-2)17-9-4-3-5-10-17/h3-5,9-10,18-20H,6-8,11-16H2,1-2H3/b23-22-/t18-,19-,20-/m0/s1. The van der Waals surface area contributed by atoms with E-state index in [4.69, 9.17) is 19.3 Å². The lowest BCUT2D eigenvalue weighted by atomic mass is 9.81. The largest absolute Gasteiger partial charge is 0.480 e. The van der Waals surface area contributed by atoms with Gasteiger partial charge in [-0.1, -0.05) is 30.3 Å². The number of carbonyl (C=O) groups is 1. The van der Waals surface area contributed by atoms with Crippen molar-refractivity contribution in [3.8, 4) is 0 Å². The number of hydrogen-bond donors (Lipinski definition) is 0. The Morgan fingerprint density at radius 2 is 2.04 bits per heavy atom. The van der Waals surface area contributed by atoms with Crippen LogP contribution in [0.3, 0.4) is 0 Å². The molecular formula is C22H32N2O4. The van der Waals surface area contributed by atoms with Crippen molar-refractivity contribution in [2.24, 2.45) is 11.0 Å². The van der Waals surface area contributed by atoms with Gasteiger partial charge in [-0.3, -0.25) is 9.80 Å². The Bertz CT molecular complexity index is 649. The SMILES string of the molecule is COC[C@@H]1CCCN1/N=C1\OCCCC[C@H]1[C@@H](CC(=O)OC)c1ccccc1. The van der Waals surface area contributed by atoms with E-state index in [9.17, 15) is 4.79 Å². The van der Waals surface area contributed by atoms with Gasteiger partial charge in [0.15, 0.2) is 0 Å². The number of hydrazone groups is 1. The molecule has 0 saturated carbocycles. The molecule has 0 aromatic heterocycles. The highest BCUT2D eigenvalue weighted by Crippen LogP contribution is 2.35. The maximum Gasteiger partial charge on any atom is 0.306 e. The van der Waals surface area contributed by atoms with Crippen LogP contribution in [-0.2, 0) is 19.0 Å². The molecule has 154 valence electrons. The van der Waals surface area contributed by atoms with Gasteiger partial charge < -0.3 is 14.2 Å². The minimum atomic E-state index is -0.198. The van der Waals surface area contributed by atoms with Crippen molar-refractivity contribution in [1.82, 2.24) is 5.01 Å². The molecule has 1 aromatic carbocycles. The van der Waals surface area contributed by atoms with Crippen LogP contribution in [0.4, 0.5) is 0 Å². The highest BCUT2D eigenvalue weighted by molar-refractivity contribution is 5.81. The summed E-state index contributed by atoms with van der Waals surface area (Å²) in [7, 11) is 3.18. The lowest BCUT2D eigenvalue weighted by Gasteiger charge is -2.29. The molecule has 28 heavy (non-hydrogen) atoms. The van der Waals surface area contributed by atoms with Crippen molar-refractivity contribution in [2.75, 3.05) is 34.0 Å². The lowest BCUT2D eigenvalue weighted by Crippen LogP contribution is -2.33. The Hall–Kier alpha value is -2.08. The number of rotatable bonds is 7. The highest BCUT2D eigenvalue weighted by Gasteiger charge is 2.34. The van der Waals surface area contributed by atoms with E-state index in [0.29, 0.717) is 25.7 Å². The van der Waals surface area contributed by atoms with Gasteiger partial charge in [0.1, 0.15) is 0 Å². The monoisotopic (exact) mass is 388 g/mol. The number of ether oxygens (including phenoxy) is 3. The summed E-state index contributed by atoms with van der Waals surface area (Å²) in [6.07, 6.45) is 5.55. The molecule has 3 atom stereocenters. The van der Waals surface area contributed by atoms with Gasteiger partial charge in [-0.2, -0.15) is 0 Å². The summed E-state index contributed by atoms with van der Waals surface area (Å²) in [6, 6.07) is 10.5. The topological polar surface area (TPSA) is 60.4 Å². The van der Waals surface area contributed by atoms with E-state index in [1.54, 1.807) is 7.11 Å². The molecule has 0 spiro atoms.